The van der Waals surface area contributed by atoms with Crippen LogP contribution in [0.25, 0.3) is 10.8 Å². The Labute approximate surface area is 131 Å². The predicted octanol–water partition coefficient (Wildman–Crippen LogP) is 2.49. The van der Waals surface area contributed by atoms with Crippen molar-refractivity contribution in [1.29, 1.82) is 0 Å². The Morgan fingerprint density at radius 1 is 1.06 bits per heavy atom. The van der Waals surface area contributed by atoms with Crippen molar-refractivity contribution in [3.63, 3.8) is 0 Å². The zero-order chi connectivity index (χ0) is 11.5. The van der Waals surface area contributed by atoms with Crippen molar-refractivity contribution < 1.29 is 9.53 Å². The van der Waals surface area contributed by atoms with Gasteiger partial charge >= 0.3 is 43.7 Å². The number of hydrogen-bond acceptors (Lipinski definition) is 2. The molecular formula is C14H16CaO2. The normalized spacial score (nSPS) is 10.1. The molecule has 0 fully saturated rings. The van der Waals surface area contributed by atoms with Crippen LogP contribution in [0.3, 0.4) is 0 Å². The second-order valence-corrected chi connectivity index (χ2v) is 3.98. The van der Waals surface area contributed by atoms with Gasteiger partial charge in [-0.1, -0.05) is 36.4 Å². The molecule has 2 aromatic rings. The van der Waals surface area contributed by atoms with Crippen LogP contribution in [0.15, 0.2) is 42.5 Å². The molecule has 0 saturated carbocycles. The van der Waals surface area contributed by atoms with E-state index >= 15 is 0 Å². The van der Waals surface area contributed by atoms with Crippen molar-refractivity contribution >= 4 is 54.5 Å². The van der Waals surface area contributed by atoms with Gasteiger partial charge in [-0.15, -0.1) is 0 Å². The minimum atomic E-state index is -0.258. The minimum absolute atomic E-state index is 0. The predicted molar refractivity (Wildman–Crippen MR) is 73.0 cm³/mol. The van der Waals surface area contributed by atoms with Crippen molar-refractivity contribution in [3.05, 3.63) is 48.0 Å². The van der Waals surface area contributed by atoms with Crippen LogP contribution in [0.5, 0.6) is 0 Å². The molecule has 0 unspecified atom stereocenters. The summed E-state index contributed by atoms with van der Waals surface area (Å²) in [6.45, 7) is 3.70. The quantitative estimate of drug-likeness (QED) is 0.609. The van der Waals surface area contributed by atoms with Crippen LogP contribution in [0.4, 0.5) is 0 Å². The van der Waals surface area contributed by atoms with Gasteiger partial charge in [0.15, 0.2) is 0 Å². The van der Waals surface area contributed by atoms with E-state index in [1.54, 1.807) is 6.07 Å². The summed E-state index contributed by atoms with van der Waals surface area (Å²) in [7, 11) is 0. The molecule has 0 N–H and O–H groups in total. The molecule has 0 amide bonds. The average molecular weight is 256 g/mol. The molecule has 0 spiro atoms. The summed E-state index contributed by atoms with van der Waals surface area (Å²) in [6.07, 6.45) is -0.0912. The molecule has 0 aliphatic carbocycles. The van der Waals surface area contributed by atoms with E-state index in [2.05, 4.69) is 0 Å². The van der Waals surface area contributed by atoms with Crippen molar-refractivity contribution in [2.45, 2.75) is 20.0 Å². The summed E-state index contributed by atoms with van der Waals surface area (Å²) in [5, 5.41) is 2.00. The fourth-order valence-electron chi connectivity index (χ4n) is 1.68. The zero-order valence-electron chi connectivity index (χ0n) is 9.44. The zero-order valence-corrected chi connectivity index (χ0v) is 9.44. The molecule has 0 saturated heterocycles. The number of esters is 1. The topological polar surface area (TPSA) is 26.3 Å². The molecule has 0 atom stereocenters. The number of carbonyl (C=O) groups excluding carboxylic acids is 1. The molecule has 0 bridgehead atoms. The number of benzene rings is 2. The molecule has 0 aliphatic heterocycles. The van der Waals surface area contributed by atoms with Crippen molar-refractivity contribution in [1.82, 2.24) is 0 Å². The van der Waals surface area contributed by atoms with E-state index in [0.29, 0.717) is 5.56 Å². The number of ether oxygens (including phenoxy) is 1. The van der Waals surface area contributed by atoms with Crippen LogP contribution in [0.1, 0.15) is 24.2 Å². The Morgan fingerprint density at radius 3 is 2.41 bits per heavy atom. The van der Waals surface area contributed by atoms with Crippen LogP contribution in [0, 0.1) is 0 Å². The van der Waals surface area contributed by atoms with E-state index < -0.39 is 0 Å². The van der Waals surface area contributed by atoms with Gasteiger partial charge in [-0.05, 0) is 30.7 Å². The first-order chi connectivity index (χ1) is 7.68. The molecule has 2 aromatic carbocycles. The first-order valence-corrected chi connectivity index (χ1v) is 5.37. The Balaban J connectivity index is 0.00000144. The van der Waals surface area contributed by atoms with Crippen molar-refractivity contribution in [3.8, 4) is 0 Å². The molecule has 0 heterocycles. The molecule has 2 nitrogen and oxygen atoms in total. The number of hydrogen-bond donors (Lipinski definition) is 0. The summed E-state index contributed by atoms with van der Waals surface area (Å²) >= 11 is 0. The van der Waals surface area contributed by atoms with E-state index in [0.717, 1.165) is 10.8 Å². The van der Waals surface area contributed by atoms with Crippen LogP contribution in [-0.4, -0.2) is 49.8 Å². The summed E-state index contributed by atoms with van der Waals surface area (Å²) in [5.41, 5.74) is 0.631. The third kappa shape index (κ3) is 3.44. The van der Waals surface area contributed by atoms with E-state index in [-0.39, 0.29) is 49.8 Å². The molecule has 17 heavy (non-hydrogen) atoms. The molecule has 2 rings (SSSR count). The SMILES string of the molecule is CC(C)OC(=O)c1cccc2ccccc12.[CaH2]. The number of carbonyl (C=O) groups is 1. The van der Waals surface area contributed by atoms with Crippen LogP contribution >= 0.6 is 0 Å². The summed E-state index contributed by atoms with van der Waals surface area (Å²) in [6, 6.07) is 13.5. The fraction of sp³-hybridized carbons (Fsp3) is 0.214. The average Bonchev–Trinajstić information content (AvgIpc) is 2.27. The van der Waals surface area contributed by atoms with E-state index in [1.807, 2.05) is 50.2 Å². The second kappa shape index (κ2) is 6.39. The van der Waals surface area contributed by atoms with Crippen LogP contribution in [0.2, 0.25) is 0 Å². The maximum atomic E-state index is 11.8. The molecule has 86 valence electrons. The number of fused-ring (bicyclic) bond motifs is 1. The molecule has 0 aliphatic rings. The summed E-state index contributed by atoms with van der Waals surface area (Å²) < 4.78 is 5.21. The Bertz CT molecular complexity index is 515. The molecule has 0 radical (unpaired) electrons. The van der Waals surface area contributed by atoms with Crippen molar-refractivity contribution in [2.24, 2.45) is 0 Å². The van der Waals surface area contributed by atoms with Gasteiger partial charge in [0.1, 0.15) is 0 Å². The Hall–Kier alpha value is -0.570. The Kier molecular flexibility index (Phi) is 5.44. The number of rotatable bonds is 2. The van der Waals surface area contributed by atoms with Gasteiger partial charge in [-0.2, -0.15) is 0 Å². The van der Waals surface area contributed by atoms with E-state index in [1.165, 1.54) is 0 Å². The second-order valence-electron chi connectivity index (χ2n) is 3.98. The van der Waals surface area contributed by atoms with Crippen LogP contribution in [-0.2, 0) is 4.74 Å². The molecular weight excluding hydrogens is 240 g/mol. The van der Waals surface area contributed by atoms with Gasteiger partial charge in [0, 0.05) is 0 Å². The standard InChI is InChI=1S/C14H14O2.Ca.2H/c1-10(2)16-14(15)13-9-5-7-11-6-3-4-8-12(11)13;;;/h3-10H,1-2H3;;;. The first kappa shape index (κ1) is 14.5. The van der Waals surface area contributed by atoms with E-state index in [9.17, 15) is 4.79 Å². The van der Waals surface area contributed by atoms with Crippen LogP contribution < -0.4 is 0 Å². The first-order valence-electron chi connectivity index (χ1n) is 5.37. The van der Waals surface area contributed by atoms with Crippen molar-refractivity contribution in [2.75, 3.05) is 0 Å². The van der Waals surface area contributed by atoms with Gasteiger partial charge in [-0.3, -0.25) is 0 Å². The van der Waals surface area contributed by atoms with Gasteiger partial charge in [0.2, 0.25) is 0 Å². The fourth-order valence-corrected chi connectivity index (χ4v) is 1.68. The van der Waals surface area contributed by atoms with Gasteiger partial charge in [-0.25, -0.2) is 4.79 Å². The van der Waals surface area contributed by atoms with Gasteiger partial charge in [0.25, 0.3) is 0 Å². The Morgan fingerprint density at radius 2 is 1.71 bits per heavy atom. The molecule has 3 heteroatoms. The summed E-state index contributed by atoms with van der Waals surface area (Å²) in [4.78, 5) is 11.8. The monoisotopic (exact) mass is 256 g/mol. The maximum absolute atomic E-state index is 11.8. The van der Waals surface area contributed by atoms with Gasteiger partial charge in [0.05, 0.1) is 11.7 Å². The molecule has 0 aromatic heterocycles. The third-order valence-electron chi connectivity index (χ3n) is 2.35. The van der Waals surface area contributed by atoms with E-state index in [4.69, 9.17) is 4.74 Å². The van der Waals surface area contributed by atoms with Gasteiger partial charge < -0.3 is 4.74 Å². The summed E-state index contributed by atoms with van der Waals surface area (Å²) in [5.74, 6) is -0.258. The third-order valence-corrected chi connectivity index (χ3v) is 2.35.